The lowest BCUT2D eigenvalue weighted by atomic mass is 10.2. The quantitative estimate of drug-likeness (QED) is 0.692. The molecule has 26 heavy (non-hydrogen) atoms. The summed E-state index contributed by atoms with van der Waals surface area (Å²) in [5.41, 5.74) is 6.22. The minimum Gasteiger partial charge on any atom is -0.481 e. The Morgan fingerprint density at radius 2 is 1.88 bits per heavy atom. The normalized spacial score (nSPS) is 11.8. The average molecular weight is 372 g/mol. The van der Waals surface area contributed by atoms with Gasteiger partial charge < -0.3 is 9.30 Å². The zero-order valence-electron chi connectivity index (χ0n) is 14.3. The van der Waals surface area contributed by atoms with Crippen LogP contribution in [0.15, 0.2) is 54.7 Å². The van der Waals surface area contributed by atoms with Crippen LogP contribution in [0.3, 0.4) is 0 Å². The van der Waals surface area contributed by atoms with Gasteiger partial charge in [0.25, 0.3) is 11.8 Å². The summed E-state index contributed by atoms with van der Waals surface area (Å²) in [5, 5.41) is 1.32. The predicted octanol–water partition coefficient (Wildman–Crippen LogP) is 3.06. The molecule has 1 atom stereocenters. The number of hydrogen-bond donors (Lipinski definition) is 2. The van der Waals surface area contributed by atoms with Crippen LogP contribution >= 0.6 is 11.6 Å². The molecule has 0 aliphatic carbocycles. The molecule has 0 aliphatic heterocycles. The van der Waals surface area contributed by atoms with Crippen molar-refractivity contribution in [2.45, 2.75) is 13.0 Å². The second-order valence-corrected chi connectivity index (χ2v) is 6.27. The van der Waals surface area contributed by atoms with Gasteiger partial charge in [-0.15, -0.1) is 0 Å². The summed E-state index contributed by atoms with van der Waals surface area (Å²) in [7, 11) is 1.86. The third-order valence-electron chi connectivity index (χ3n) is 3.92. The number of hydrogen-bond acceptors (Lipinski definition) is 3. The summed E-state index contributed by atoms with van der Waals surface area (Å²) in [6.07, 6.45) is 0.916. The first-order valence-corrected chi connectivity index (χ1v) is 8.40. The Bertz CT molecular complexity index is 968. The number of ether oxygens (including phenoxy) is 1. The number of halogens is 1. The number of aromatic nitrogens is 1. The number of carbonyl (C=O) groups excluding carboxylic acids is 2. The maximum atomic E-state index is 12.4. The molecule has 134 valence electrons. The summed E-state index contributed by atoms with van der Waals surface area (Å²) >= 11 is 5.89. The lowest BCUT2D eigenvalue weighted by Gasteiger charge is -2.15. The molecular formula is C19H18ClN3O3. The standard InChI is InChI=1S/C19H18ClN3O3/c1-12(26-14-7-5-6-13(20)10-14)18(24)21-22-19(25)16-11-23(2)17-9-4-3-8-15(16)17/h3-12H,1-2H3,(H,21,24)(H,22,25). The van der Waals surface area contributed by atoms with Crippen LogP contribution in [-0.2, 0) is 11.8 Å². The smallest absolute Gasteiger partial charge is 0.279 e. The Morgan fingerprint density at radius 3 is 2.65 bits per heavy atom. The van der Waals surface area contributed by atoms with Crippen molar-refractivity contribution in [1.29, 1.82) is 0 Å². The number of benzene rings is 2. The van der Waals surface area contributed by atoms with E-state index in [1.54, 1.807) is 37.4 Å². The largest absolute Gasteiger partial charge is 0.481 e. The highest BCUT2D eigenvalue weighted by molar-refractivity contribution is 6.30. The van der Waals surface area contributed by atoms with Crippen LogP contribution in [0.5, 0.6) is 5.75 Å². The van der Waals surface area contributed by atoms with Crippen LogP contribution in [-0.4, -0.2) is 22.5 Å². The highest BCUT2D eigenvalue weighted by Gasteiger charge is 2.18. The number of para-hydroxylation sites is 1. The molecule has 3 aromatic rings. The van der Waals surface area contributed by atoms with Crippen molar-refractivity contribution in [2.24, 2.45) is 7.05 Å². The monoisotopic (exact) mass is 371 g/mol. The number of nitrogens with one attached hydrogen (secondary N) is 2. The Hall–Kier alpha value is -2.99. The van der Waals surface area contributed by atoms with E-state index in [1.165, 1.54) is 0 Å². The van der Waals surface area contributed by atoms with Crippen LogP contribution in [0, 0.1) is 0 Å². The van der Waals surface area contributed by atoms with Gasteiger partial charge in [-0.1, -0.05) is 35.9 Å². The Labute approximate surface area is 155 Å². The number of carbonyl (C=O) groups is 2. The summed E-state index contributed by atoms with van der Waals surface area (Å²) < 4.78 is 7.38. The van der Waals surface area contributed by atoms with Crippen molar-refractivity contribution in [2.75, 3.05) is 0 Å². The van der Waals surface area contributed by atoms with Crippen molar-refractivity contribution in [3.8, 4) is 5.75 Å². The van der Waals surface area contributed by atoms with E-state index in [9.17, 15) is 9.59 Å². The van der Waals surface area contributed by atoms with Gasteiger partial charge in [-0.05, 0) is 31.2 Å². The minimum absolute atomic E-state index is 0.398. The second kappa shape index (κ2) is 7.49. The van der Waals surface area contributed by atoms with Crippen molar-refractivity contribution in [3.05, 3.63) is 65.3 Å². The van der Waals surface area contributed by atoms with E-state index < -0.39 is 17.9 Å². The minimum atomic E-state index is -0.804. The third-order valence-corrected chi connectivity index (χ3v) is 4.15. The topological polar surface area (TPSA) is 72.4 Å². The molecule has 1 unspecified atom stereocenters. The first-order chi connectivity index (χ1) is 12.5. The van der Waals surface area contributed by atoms with E-state index in [4.69, 9.17) is 16.3 Å². The molecule has 0 saturated heterocycles. The van der Waals surface area contributed by atoms with E-state index in [1.807, 2.05) is 35.9 Å². The zero-order valence-corrected chi connectivity index (χ0v) is 15.1. The fourth-order valence-electron chi connectivity index (χ4n) is 2.61. The summed E-state index contributed by atoms with van der Waals surface area (Å²) in [5.74, 6) is -0.399. The number of aryl methyl sites for hydroxylation is 1. The maximum Gasteiger partial charge on any atom is 0.279 e. The van der Waals surface area contributed by atoms with Gasteiger partial charge in [-0.3, -0.25) is 20.4 Å². The molecule has 7 heteroatoms. The van der Waals surface area contributed by atoms with Crippen molar-refractivity contribution < 1.29 is 14.3 Å². The van der Waals surface area contributed by atoms with E-state index in [0.717, 1.165) is 10.9 Å². The van der Waals surface area contributed by atoms with E-state index in [-0.39, 0.29) is 0 Å². The molecule has 3 rings (SSSR count). The Balaban J connectivity index is 1.62. The molecule has 0 saturated carbocycles. The van der Waals surface area contributed by atoms with Crippen LogP contribution in [0.1, 0.15) is 17.3 Å². The van der Waals surface area contributed by atoms with Gasteiger partial charge in [0.15, 0.2) is 6.10 Å². The van der Waals surface area contributed by atoms with Crippen LogP contribution in [0.2, 0.25) is 5.02 Å². The van der Waals surface area contributed by atoms with E-state index in [2.05, 4.69) is 10.9 Å². The molecule has 0 spiro atoms. The highest BCUT2D eigenvalue weighted by Crippen LogP contribution is 2.20. The Morgan fingerprint density at radius 1 is 1.12 bits per heavy atom. The fraction of sp³-hybridized carbons (Fsp3) is 0.158. The molecule has 0 bridgehead atoms. The second-order valence-electron chi connectivity index (χ2n) is 5.83. The molecule has 1 heterocycles. The zero-order chi connectivity index (χ0) is 18.7. The number of fused-ring (bicyclic) bond motifs is 1. The lowest BCUT2D eigenvalue weighted by Crippen LogP contribution is -2.47. The first kappa shape index (κ1) is 17.8. The van der Waals surface area contributed by atoms with Gasteiger partial charge in [0.2, 0.25) is 0 Å². The van der Waals surface area contributed by atoms with Gasteiger partial charge in [-0.2, -0.15) is 0 Å². The van der Waals surface area contributed by atoms with Gasteiger partial charge in [0, 0.05) is 29.2 Å². The molecule has 2 N–H and O–H groups in total. The van der Waals surface area contributed by atoms with Crippen LogP contribution in [0.25, 0.3) is 10.9 Å². The molecule has 0 radical (unpaired) electrons. The van der Waals surface area contributed by atoms with Crippen molar-refractivity contribution in [3.63, 3.8) is 0 Å². The fourth-order valence-corrected chi connectivity index (χ4v) is 2.79. The van der Waals surface area contributed by atoms with Gasteiger partial charge in [0.05, 0.1) is 5.56 Å². The molecule has 6 nitrogen and oxygen atoms in total. The van der Waals surface area contributed by atoms with Gasteiger partial charge >= 0.3 is 0 Å². The van der Waals surface area contributed by atoms with Crippen molar-refractivity contribution >= 4 is 34.3 Å². The summed E-state index contributed by atoms with van der Waals surface area (Å²) in [6, 6.07) is 14.3. The lowest BCUT2D eigenvalue weighted by molar-refractivity contribution is -0.128. The molecule has 0 aliphatic rings. The van der Waals surface area contributed by atoms with Crippen LogP contribution in [0.4, 0.5) is 0 Å². The maximum absolute atomic E-state index is 12.4. The molecule has 1 aromatic heterocycles. The molecule has 2 amide bonds. The van der Waals surface area contributed by atoms with E-state index in [0.29, 0.717) is 16.3 Å². The predicted molar refractivity (Wildman–Crippen MR) is 100 cm³/mol. The first-order valence-electron chi connectivity index (χ1n) is 8.02. The highest BCUT2D eigenvalue weighted by atomic mass is 35.5. The Kier molecular flexibility index (Phi) is 5.14. The summed E-state index contributed by atoms with van der Waals surface area (Å²) in [6.45, 7) is 1.58. The van der Waals surface area contributed by atoms with Crippen LogP contribution < -0.4 is 15.6 Å². The average Bonchev–Trinajstić information content (AvgIpc) is 2.96. The number of hydrazine groups is 1. The SMILES string of the molecule is CC(Oc1cccc(Cl)c1)C(=O)NNC(=O)c1cn(C)c2ccccc12. The number of nitrogens with zero attached hydrogens (tertiary/aromatic N) is 1. The third kappa shape index (κ3) is 3.81. The summed E-state index contributed by atoms with van der Waals surface area (Å²) in [4.78, 5) is 24.6. The van der Waals surface area contributed by atoms with Gasteiger partial charge in [0.1, 0.15) is 5.75 Å². The van der Waals surface area contributed by atoms with Crippen molar-refractivity contribution in [1.82, 2.24) is 15.4 Å². The number of rotatable bonds is 4. The molecule has 2 aromatic carbocycles. The molecule has 0 fully saturated rings. The number of amides is 2. The van der Waals surface area contributed by atoms with Gasteiger partial charge in [-0.25, -0.2) is 0 Å². The molecular weight excluding hydrogens is 354 g/mol. The van der Waals surface area contributed by atoms with E-state index >= 15 is 0 Å².